The van der Waals surface area contributed by atoms with Crippen LogP contribution >= 0.6 is 0 Å². The molecular weight excluding hydrogens is 387 g/mol. The van der Waals surface area contributed by atoms with Gasteiger partial charge in [0.25, 0.3) is 5.56 Å². The SMILES string of the molecule is O=c1[nH]c(=O)n(CCC2=CCCCC2)c(O)c1C=Nc1cccc(C(F)(F)F)c1. The molecule has 0 aliphatic heterocycles. The van der Waals surface area contributed by atoms with Gasteiger partial charge in [-0.15, -0.1) is 0 Å². The van der Waals surface area contributed by atoms with Crippen LogP contribution in [0.3, 0.4) is 0 Å². The number of H-pyrrole nitrogens is 1. The first kappa shape index (κ1) is 20.6. The van der Waals surface area contributed by atoms with Gasteiger partial charge in [-0.25, -0.2) is 4.79 Å². The van der Waals surface area contributed by atoms with E-state index in [4.69, 9.17) is 0 Å². The molecular formula is C20H20F3N3O3. The summed E-state index contributed by atoms with van der Waals surface area (Å²) in [5.41, 5.74) is -1.64. The summed E-state index contributed by atoms with van der Waals surface area (Å²) < 4.78 is 39.4. The summed E-state index contributed by atoms with van der Waals surface area (Å²) in [5.74, 6) is -0.564. The minimum atomic E-state index is -4.52. The van der Waals surface area contributed by atoms with Crippen molar-refractivity contribution in [2.24, 2.45) is 4.99 Å². The van der Waals surface area contributed by atoms with Crippen molar-refractivity contribution in [3.8, 4) is 5.88 Å². The molecule has 0 saturated carbocycles. The number of nitrogens with zero attached hydrogens (tertiary/aromatic N) is 2. The number of hydrogen-bond donors (Lipinski definition) is 2. The Hall–Kier alpha value is -3.10. The van der Waals surface area contributed by atoms with Crippen LogP contribution in [0.25, 0.3) is 0 Å². The van der Waals surface area contributed by atoms with Crippen molar-refractivity contribution in [2.75, 3.05) is 0 Å². The lowest BCUT2D eigenvalue weighted by Gasteiger charge is -2.14. The third-order valence-electron chi connectivity index (χ3n) is 4.76. The van der Waals surface area contributed by atoms with Crippen LogP contribution in [0.5, 0.6) is 5.88 Å². The summed E-state index contributed by atoms with van der Waals surface area (Å²) in [4.78, 5) is 30.1. The summed E-state index contributed by atoms with van der Waals surface area (Å²) in [6, 6.07) is 4.26. The van der Waals surface area contributed by atoms with E-state index in [1.165, 1.54) is 17.7 Å². The second-order valence-electron chi connectivity index (χ2n) is 6.81. The molecule has 0 radical (unpaired) electrons. The smallest absolute Gasteiger partial charge is 0.416 e. The molecule has 0 bridgehead atoms. The highest BCUT2D eigenvalue weighted by Crippen LogP contribution is 2.31. The predicted octanol–water partition coefficient (Wildman–Crippen LogP) is 3.90. The van der Waals surface area contributed by atoms with Gasteiger partial charge in [0.15, 0.2) is 0 Å². The summed E-state index contributed by atoms with van der Waals surface area (Å²) in [7, 11) is 0. The van der Waals surface area contributed by atoms with Crippen LogP contribution < -0.4 is 11.2 Å². The van der Waals surface area contributed by atoms with E-state index in [2.05, 4.69) is 16.1 Å². The average molecular weight is 407 g/mol. The second kappa shape index (κ2) is 8.50. The Morgan fingerprint density at radius 3 is 2.72 bits per heavy atom. The Balaban J connectivity index is 1.88. The van der Waals surface area contributed by atoms with E-state index in [9.17, 15) is 27.9 Å². The first-order chi connectivity index (χ1) is 13.8. The fourth-order valence-electron chi connectivity index (χ4n) is 3.19. The standard InChI is InChI=1S/C20H20F3N3O3/c21-20(22,23)14-7-4-8-15(11-14)24-12-16-17(27)25-19(29)26(18(16)28)10-9-13-5-2-1-3-6-13/h4-5,7-8,11-12,28H,1-3,6,9-10H2,(H,25,27,29). The van der Waals surface area contributed by atoms with Crippen molar-refractivity contribution in [1.82, 2.24) is 9.55 Å². The number of nitrogens with one attached hydrogen (secondary N) is 1. The Morgan fingerprint density at radius 2 is 2.03 bits per heavy atom. The van der Waals surface area contributed by atoms with Crippen molar-refractivity contribution < 1.29 is 18.3 Å². The van der Waals surface area contributed by atoms with E-state index < -0.39 is 28.9 Å². The summed E-state index contributed by atoms with van der Waals surface area (Å²) in [6.45, 7) is 0.178. The van der Waals surface area contributed by atoms with Gasteiger partial charge >= 0.3 is 11.9 Å². The molecule has 9 heteroatoms. The van der Waals surface area contributed by atoms with Crippen molar-refractivity contribution >= 4 is 11.9 Å². The molecule has 0 atom stereocenters. The average Bonchev–Trinajstić information content (AvgIpc) is 2.68. The maximum atomic E-state index is 12.8. The first-order valence-corrected chi connectivity index (χ1v) is 9.21. The third-order valence-corrected chi connectivity index (χ3v) is 4.76. The number of hydrogen-bond acceptors (Lipinski definition) is 4. The number of benzene rings is 1. The van der Waals surface area contributed by atoms with E-state index >= 15 is 0 Å². The van der Waals surface area contributed by atoms with E-state index in [-0.39, 0.29) is 17.8 Å². The monoisotopic (exact) mass is 407 g/mol. The van der Waals surface area contributed by atoms with Crippen LogP contribution in [0.4, 0.5) is 18.9 Å². The van der Waals surface area contributed by atoms with Gasteiger partial charge in [-0.1, -0.05) is 17.7 Å². The van der Waals surface area contributed by atoms with Crippen LogP contribution in [0, 0.1) is 0 Å². The number of alkyl halides is 3. The Kier molecular flexibility index (Phi) is 6.05. The molecule has 0 amide bonds. The van der Waals surface area contributed by atoms with Crippen LogP contribution in [-0.2, 0) is 12.7 Å². The van der Waals surface area contributed by atoms with Crippen LogP contribution in [-0.4, -0.2) is 20.9 Å². The number of aromatic nitrogens is 2. The molecule has 0 saturated heterocycles. The summed E-state index contributed by atoms with van der Waals surface area (Å²) >= 11 is 0. The quantitative estimate of drug-likeness (QED) is 0.582. The van der Waals surface area contributed by atoms with Gasteiger partial charge < -0.3 is 5.11 Å². The van der Waals surface area contributed by atoms with Crippen LogP contribution in [0.15, 0.2) is 50.5 Å². The lowest BCUT2D eigenvalue weighted by Crippen LogP contribution is -2.32. The third kappa shape index (κ3) is 5.04. The van der Waals surface area contributed by atoms with Gasteiger partial charge in [-0.05, 0) is 50.3 Å². The summed E-state index contributed by atoms with van der Waals surface area (Å²) in [6.07, 6.45) is 3.23. The zero-order chi connectivity index (χ0) is 21.0. The molecule has 154 valence electrons. The molecule has 1 aromatic carbocycles. The molecule has 2 N–H and O–H groups in total. The van der Waals surface area contributed by atoms with Gasteiger partial charge in [0.2, 0.25) is 5.88 Å². The van der Waals surface area contributed by atoms with Crippen molar-refractivity contribution in [3.63, 3.8) is 0 Å². The normalized spacial score (nSPS) is 14.9. The molecule has 1 aliphatic carbocycles. The predicted molar refractivity (Wildman–Crippen MR) is 103 cm³/mol. The first-order valence-electron chi connectivity index (χ1n) is 9.21. The lowest BCUT2D eigenvalue weighted by atomic mass is 9.97. The fourth-order valence-corrected chi connectivity index (χ4v) is 3.19. The minimum Gasteiger partial charge on any atom is -0.494 e. The van der Waals surface area contributed by atoms with E-state index in [0.717, 1.165) is 48.6 Å². The molecule has 1 aromatic heterocycles. The molecule has 0 fully saturated rings. The van der Waals surface area contributed by atoms with E-state index in [1.807, 2.05) is 0 Å². The molecule has 1 heterocycles. The molecule has 3 rings (SSSR count). The highest BCUT2D eigenvalue weighted by molar-refractivity contribution is 5.84. The maximum absolute atomic E-state index is 12.8. The number of aromatic amines is 1. The molecule has 2 aromatic rings. The van der Waals surface area contributed by atoms with E-state index in [0.29, 0.717) is 6.42 Å². The highest BCUT2D eigenvalue weighted by Gasteiger charge is 2.30. The van der Waals surface area contributed by atoms with Gasteiger partial charge in [-0.3, -0.25) is 19.3 Å². The zero-order valence-electron chi connectivity index (χ0n) is 15.5. The number of allylic oxidation sites excluding steroid dienone is 2. The lowest BCUT2D eigenvalue weighted by molar-refractivity contribution is -0.137. The highest BCUT2D eigenvalue weighted by atomic mass is 19.4. The molecule has 0 unspecified atom stereocenters. The van der Waals surface area contributed by atoms with Gasteiger partial charge in [0.05, 0.1) is 11.3 Å². The van der Waals surface area contributed by atoms with Crippen molar-refractivity contribution in [3.05, 3.63) is 67.9 Å². The zero-order valence-corrected chi connectivity index (χ0v) is 15.5. The number of rotatable bonds is 5. The van der Waals surface area contributed by atoms with Gasteiger partial charge in [0.1, 0.15) is 5.56 Å². The van der Waals surface area contributed by atoms with Gasteiger partial charge in [0, 0.05) is 12.8 Å². The van der Waals surface area contributed by atoms with Crippen LogP contribution in [0.1, 0.15) is 43.2 Å². The number of aromatic hydroxyl groups is 1. The fraction of sp³-hybridized carbons (Fsp3) is 0.350. The van der Waals surface area contributed by atoms with Crippen molar-refractivity contribution in [1.29, 1.82) is 0 Å². The van der Waals surface area contributed by atoms with Gasteiger partial charge in [-0.2, -0.15) is 13.2 Å². The van der Waals surface area contributed by atoms with E-state index in [1.54, 1.807) is 0 Å². The topological polar surface area (TPSA) is 87.5 Å². The largest absolute Gasteiger partial charge is 0.494 e. The molecule has 1 aliphatic rings. The summed E-state index contributed by atoms with van der Waals surface area (Å²) in [5, 5.41) is 10.4. The van der Waals surface area contributed by atoms with Crippen LogP contribution in [0.2, 0.25) is 0 Å². The molecule has 29 heavy (non-hydrogen) atoms. The minimum absolute atomic E-state index is 0.0382. The Labute approximate surface area is 164 Å². The Bertz CT molecular complexity index is 1070. The number of aliphatic imine (C=N–C) groups is 1. The Morgan fingerprint density at radius 1 is 1.24 bits per heavy atom. The molecule has 6 nitrogen and oxygen atoms in total. The second-order valence-corrected chi connectivity index (χ2v) is 6.81. The molecule has 0 spiro atoms. The number of halogens is 3. The van der Waals surface area contributed by atoms with Crippen molar-refractivity contribution in [2.45, 2.75) is 44.8 Å². The maximum Gasteiger partial charge on any atom is 0.416 e.